The highest BCUT2D eigenvalue weighted by Crippen LogP contribution is 2.27. The first-order valence-corrected chi connectivity index (χ1v) is 7.80. The number of hydrogen-bond acceptors (Lipinski definition) is 4. The molecule has 2 rings (SSSR count). The molecule has 0 aromatic carbocycles. The number of aromatic nitrogens is 1. The molecule has 0 saturated heterocycles. The zero-order chi connectivity index (χ0) is 13.8. The molecule has 0 spiro atoms. The standard InChI is InChI=1S/C14H23N3OS/c1-10(8-13(18)15-2)17(3)9-14-16-11-6-4-5-7-12(11)19-14/h10H,4-9H2,1-3H3,(H,15,18). The maximum absolute atomic E-state index is 11.4. The predicted octanol–water partition coefficient (Wildman–Crippen LogP) is 1.98. The third-order valence-electron chi connectivity index (χ3n) is 3.79. The molecule has 1 aliphatic rings. The molecule has 5 heteroatoms. The minimum absolute atomic E-state index is 0.0952. The molecule has 1 aromatic rings. The maximum atomic E-state index is 11.4. The first-order valence-electron chi connectivity index (χ1n) is 6.98. The van der Waals surface area contributed by atoms with Gasteiger partial charge >= 0.3 is 0 Å². The molecular weight excluding hydrogens is 258 g/mol. The van der Waals surface area contributed by atoms with E-state index in [0.717, 1.165) is 13.0 Å². The Morgan fingerprint density at radius 1 is 1.47 bits per heavy atom. The largest absolute Gasteiger partial charge is 0.359 e. The SMILES string of the molecule is CNC(=O)CC(C)N(C)Cc1nc2c(s1)CCCC2. The number of rotatable bonds is 5. The van der Waals surface area contributed by atoms with Gasteiger partial charge in [-0.05, 0) is 39.7 Å². The predicted molar refractivity (Wildman–Crippen MR) is 78.4 cm³/mol. The number of nitrogens with one attached hydrogen (secondary N) is 1. The third kappa shape index (κ3) is 3.76. The van der Waals surface area contributed by atoms with Crippen molar-refractivity contribution in [1.29, 1.82) is 0 Å². The summed E-state index contributed by atoms with van der Waals surface area (Å²) in [6.07, 6.45) is 5.46. The lowest BCUT2D eigenvalue weighted by molar-refractivity contribution is -0.121. The van der Waals surface area contributed by atoms with Crippen LogP contribution in [0.5, 0.6) is 0 Å². The molecule has 106 valence electrons. The van der Waals surface area contributed by atoms with Crippen LogP contribution < -0.4 is 5.32 Å². The highest BCUT2D eigenvalue weighted by atomic mass is 32.1. The van der Waals surface area contributed by atoms with Crippen molar-refractivity contribution >= 4 is 17.2 Å². The van der Waals surface area contributed by atoms with E-state index in [2.05, 4.69) is 24.2 Å². The first-order chi connectivity index (χ1) is 9.10. The van der Waals surface area contributed by atoms with Gasteiger partial charge in [-0.25, -0.2) is 4.98 Å². The number of thiazole rings is 1. The number of hydrogen-bond donors (Lipinski definition) is 1. The zero-order valence-electron chi connectivity index (χ0n) is 12.0. The van der Waals surface area contributed by atoms with Gasteiger partial charge in [0.25, 0.3) is 0 Å². The fraction of sp³-hybridized carbons (Fsp3) is 0.714. The molecule has 1 atom stereocenters. The smallest absolute Gasteiger partial charge is 0.221 e. The van der Waals surface area contributed by atoms with E-state index in [4.69, 9.17) is 4.98 Å². The van der Waals surface area contributed by atoms with Crippen LogP contribution in [-0.2, 0) is 24.2 Å². The Morgan fingerprint density at radius 2 is 2.21 bits per heavy atom. The van der Waals surface area contributed by atoms with Crippen LogP contribution in [0, 0.1) is 0 Å². The Bertz CT molecular complexity index is 420. The summed E-state index contributed by atoms with van der Waals surface area (Å²) in [7, 11) is 3.75. The van der Waals surface area contributed by atoms with Crippen LogP contribution in [-0.4, -0.2) is 35.9 Å². The van der Waals surface area contributed by atoms with E-state index >= 15 is 0 Å². The second kappa shape index (κ2) is 6.48. The van der Waals surface area contributed by atoms with Gasteiger partial charge in [0.15, 0.2) is 0 Å². The van der Waals surface area contributed by atoms with Gasteiger partial charge in [0, 0.05) is 24.4 Å². The molecule has 1 amide bonds. The van der Waals surface area contributed by atoms with E-state index in [9.17, 15) is 4.79 Å². The second-order valence-electron chi connectivity index (χ2n) is 5.33. The Labute approximate surface area is 119 Å². The van der Waals surface area contributed by atoms with Gasteiger partial charge < -0.3 is 5.32 Å². The Kier molecular flexibility index (Phi) is 4.93. The normalized spacial score (nSPS) is 16.2. The lowest BCUT2D eigenvalue weighted by Crippen LogP contribution is -2.33. The summed E-state index contributed by atoms with van der Waals surface area (Å²) < 4.78 is 0. The van der Waals surface area contributed by atoms with Gasteiger partial charge in [-0.1, -0.05) is 0 Å². The summed E-state index contributed by atoms with van der Waals surface area (Å²) in [4.78, 5) is 19.8. The van der Waals surface area contributed by atoms with Crippen LogP contribution in [0.1, 0.15) is 41.8 Å². The minimum Gasteiger partial charge on any atom is -0.359 e. The van der Waals surface area contributed by atoms with Gasteiger partial charge in [-0.2, -0.15) is 0 Å². The van der Waals surface area contributed by atoms with E-state index in [1.807, 2.05) is 11.3 Å². The van der Waals surface area contributed by atoms with Crippen molar-refractivity contribution in [3.05, 3.63) is 15.6 Å². The highest BCUT2D eigenvalue weighted by molar-refractivity contribution is 7.11. The van der Waals surface area contributed by atoms with Crippen molar-refractivity contribution in [2.75, 3.05) is 14.1 Å². The molecule has 0 fully saturated rings. The fourth-order valence-electron chi connectivity index (χ4n) is 2.37. The van der Waals surface area contributed by atoms with Crippen molar-refractivity contribution in [3.8, 4) is 0 Å². The quantitative estimate of drug-likeness (QED) is 0.897. The lowest BCUT2D eigenvalue weighted by atomic mass is 10.0. The fourth-order valence-corrected chi connectivity index (χ4v) is 3.59. The number of fused-ring (bicyclic) bond motifs is 1. The molecule has 1 aromatic heterocycles. The van der Waals surface area contributed by atoms with Gasteiger partial charge in [0.2, 0.25) is 5.91 Å². The minimum atomic E-state index is 0.0952. The highest BCUT2D eigenvalue weighted by Gasteiger charge is 2.18. The van der Waals surface area contributed by atoms with Crippen LogP contribution in [0.15, 0.2) is 0 Å². The first kappa shape index (κ1) is 14.5. The van der Waals surface area contributed by atoms with Crippen molar-refractivity contribution in [2.45, 2.75) is 51.6 Å². The van der Waals surface area contributed by atoms with Crippen molar-refractivity contribution in [3.63, 3.8) is 0 Å². The van der Waals surface area contributed by atoms with Gasteiger partial charge in [-0.3, -0.25) is 9.69 Å². The molecule has 0 bridgehead atoms. The molecule has 1 unspecified atom stereocenters. The molecule has 0 saturated carbocycles. The number of carbonyl (C=O) groups excluding carboxylic acids is 1. The van der Waals surface area contributed by atoms with E-state index in [1.165, 1.54) is 34.8 Å². The maximum Gasteiger partial charge on any atom is 0.221 e. The van der Waals surface area contributed by atoms with Crippen molar-refractivity contribution in [2.24, 2.45) is 0 Å². The third-order valence-corrected chi connectivity index (χ3v) is 4.93. The Hall–Kier alpha value is -0.940. The zero-order valence-corrected chi connectivity index (χ0v) is 12.8. The van der Waals surface area contributed by atoms with Crippen molar-refractivity contribution < 1.29 is 4.79 Å². The summed E-state index contributed by atoms with van der Waals surface area (Å²) in [6, 6.07) is 0.237. The summed E-state index contributed by atoms with van der Waals surface area (Å²) in [5.41, 5.74) is 1.32. The lowest BCUT2D eigenvalue weighted by Gasteiger charge is -2.22. The van der Waals surface area contributed by atoms with Crippen molar-refractivity contribution in [1.82, 2.24) is 15.2 Å². The Morgan fingerprint density at radius 3 is 2.89 bits per heavy atom. The molecular formula is C14H23N3OS. The van der Waals surface area contributed by atoms with Gasteiger partial charge in [0.05, 0.1) is 12.2 Å². The molecule has 0 aliphatic heterocycles. The molecule has 0 radical (unpaired) electrons. The van der Waals surface area contributed by atoms with Crippen LogP contribution in [0.4, 0.5) is 0 Å². The molecule has 1 heterocycles. The monoisotopic (exact) mass is 281 g/mol. The summed E-state index contributed by atoms with van der Waals surface area (Å²) >= 11 is 1.85. The van der Waals surface area contributed by atoms with Crippen LogP contribution in [0.2, 0.25) is 0 Å². The van der Waals surface area contributed by atoms with Crippen LogP contribution in [0.25, 0.3) is 0 Å². The van der Waals surface area contributed by atoms with Crippen LogP contribution >= 0.6 is 11.3 Å². The van der Waals surface area contributed by atoms with E-state index < -0.39 is 0 Å². The number of carbonyl (C=O) groups is 1. The van der Waals surface area contributed by atoms with Gasteiger partial charge in [-0.15, -0.1) is 11.3 Å². The van der Waals surface area contributed by atoms with E-state index in [0.29, 0.717) is 6.42 Å². The second-order valence-corrected chi connectivity index (χ2v) is 6.49. The number of aryl methyl sites for hydroxylation is 2. The Balaban J connectivity index is 1.92. The molecule has 1 aliphatic carbocycles. The molecule has 1 N–H and O–H groups in total. The summed E-state index contributed by atoms with van der Waals surface area (Å²) in [5.74, 6) is 0.0952. The van der Waals surface area contributed by atoms with Gasteiger partial charge in [0.1, 0.15) is 5.01 Å². The summed E-state index contributed by atoms with van der Waals surface area (Å²) in [5, 5.41) is 3.87. The topological polar surface area (TPSA) is 45.2 Å². The average Bonchev–Trinajstić information content (AvgIpc) is 2.80. The summed E-state index contributed by atoms with van der Waals surface area (Å²) in [6.45, 7) is 2.93. The average molecular weight is 281 g/mol. The molecule has 19 heavy (non-hydrogen) atoms. The van der Waals surface area contributed by atoms with E-state index in [1.54, 1.807) is 7.05 Å². The van der Waals surface area contributed by atoms with Crippen LogP contribution in [0.3, 0.4) is 0 Å². The molecule has 4 nitrogen and oxygen atoms in total. The van der Waals surface area contributed by atoms with E-state index in [-0.39, 0.29) is 11.9 Å². The number of amides is 1. The number of nitrogens with zero attached hydrogens (tertiary/aromatic N) is 2.